The Morgan fingerprint density at radius 2 is 1.75 bits per heavy atom. The van der Waals surface area contributed by atoms with Gasteiger partial charge in [-0.1, -0.05) is 23.5 Å². The molecule has 1 heterocycles. The van der Waals surface area contributed by atoms with Crippen LogP contribution in [0.2, 0.25) is 0 Å². The molecule has 0 aliphatic heterocycles. The highest BCUT2D eigenvalue weighted by atomic mass is 32.1. The number of fused-ring (bicyclic) bond motifs is 1. The molecule has 3 aromatic rings. The van der Waals surface area contributed by atoms with E-state index in [-0.39, 0.29) is 5.91 Å². The van der Waals surface area contributed by atoms with Gasteiger partial charge in [0.05, 0.1) is 24.4 Å². The molecule has 124 valence electrons. The van der Waals surface area contributed by atoms with Crippen molar-refractivity contribution in [2.45, 2.75) is 13.8 Å². The van der Waals surface area contributed by atoms with Crippen molar-refractivity contribution >= 4 is 32.6 Å². The Bertz CT molecular complexity index is 896. The molecule has 0 unspecified atom stereocenters. The molecule has 0 radical (unpaired) electrons. The number of hydrogen-bond donors (Lipinski definition) is 1. The highest BCUT2D eigenvalue weighted by Gasteiger charge is 2.19. The van der Waals surface area contributed by atoms with Crippen LogP contribution in [-0.2, 0) is 0 Å². The molecule has 0 spiro atoms. The SMILES string of the molecule is COc1cccc(OC)c1C(=O)Nc1nc2c(C)c(C)ccc2s1. The molecule has 24 heavy (non-hydrogen) atoms. The van der Waals surface area contributed by atoms with E-state index in [0.717, 1.165) is 15.8 Å². The molecule has 1 N–H and O–H groups in total. The number of ether oxygens (including phenoxy) is 2. The molecule has 0 saturated heterocycles. The van der Waals surface area contributed by atoms with Crippen molar-refractivity contribution in [1.29, 1.82) is 0 Å². The topological polar surface area (TPSA) is 60.5 Å². The van der Waals surface area contributed by atoms with Crippen LogP contribution in [0.1, 0.15) is 21.5 Å². The largest absolute Gasteiger partial charge is 0.496 e. The van der Waals surface area contributed by atoms with Crippen LogP contribution in [0.15, 0.2) is 30.3 Å². The van der Waals surface area contributed by atoms with Gasteiger partial charge in [-0.15, -0.1) is 0 Å². The molecule has 0 aliphatic carbocycles. The summed E-state index contributed by atoms with van der Waals surface area (Å²) in [5, 5.41) is 3.40. The molecular formula is C18H18N2O3S. The highest BCUT2D eigenvalue weighted by Crippen LogP contribution is 2.32. The summed E-state index contributed by atoms with van der Waals surface area (Å²) in [6.45, 7) is 4.08. The number of anilines is 1. The Morgan fingerprint density at radius 3 is 2.38 bits per heavy atom. The molecule has 0 bridgehead atoms. The average Bonchev–Trinajstić information content (AvgIpc) is 3.00. The van der Waals surface area contributed by atoms with Crippen LogP contribution in [0, 0.1) is 13.8 Å². The van der Waals surface area contributed by atoms with Gasteiger partial charge in [-0.2, -0.15) is 0 Å². The van der Waals surface area contributed by atoms with Crippen LogP contribution >= 0.6 is 11.3 Å². The Balaban J connectivity index is 1.97. The normalized spacial score (nSPS) is 10.7. The van der Waals surface area contributed by atoms with Crippen molar-refractivity contribution in [3.63, 3.8) is 0 Å². The maximum Gasteiger partial charge on any atom is 0.265 e. The van der Waals surface area contributed by atoms with Crippen molar-refractivity contribution in [2.24, 2.45) is 0 Å². The van der Waals surface area contributed by atoms with Crippen LogP contribution in [0.5, 0.6) is 11.5 Å². The molecule has 3 rings (SSSR count). The van der Waals surface area contributed by atoms with Crippen molar-refractivity contribution in [3.05, 3.63) is 47.0 Å². The van der Waals surface area contributed by atoms with Crippen LogP contribution < -0.4 is 14.8 Å². The first kappa shape index (κ1) is 16.3. The Hall–Kier alpha value is -2.60. The number of carbonyl (C=O) groups excluding carboxylic acids is 1. The van der Waals surface area contributed by atoms with Gasteiger partial charge >= 0.3 is 0 Å². The molecule has 6 heteroatoms. The van der Waals surface area contributed by atoms with E-state index in [0.29, 0.717) is 22.2 Å². The zero-order chi connectivity index (χ0) is 17.3. The van der Waals surface area contributed by atoms with E-state index >= 15 is 0 Å². The summed E-state index contributed by atoms with van der Waals surface area (Å²) in [4.78, 5) is 17.3. The van der Waals surface area contributed by atoms with Gasteiger partial charge in [0.2, 0.25) is 0 Å². The molecule has 1 amide bonds. The van der Waals surface area contributed by atoms with Gasteiger partial charge in [0, 0.05) is 0 Å². The number of nitrogens with zero attached hydrogens (tertiary/aromatic N) is 1. The van der Waals surface area contributed by atoms with Gasteiger partial charge in [-0.25, -0.2) is 4.98 Å². The summed E-state index contributed by atoms with van der Waals surface area (Å²) in [5.41, 5.74) is 3.58. The zero-order valence-corrected chi connectivity index (χ0v) is 14.8. The van der Waals surface area contributed by atoms with E-state index < -0.39 is 0 Å². The van der Waals surface area contributed by atoms with E-state index in [1.165, 1.54) is 31.1 Å². The van der Waals surface area contributed by atoms with Gasteiger partial charge in [0.15, 0.2) is 5.13 Å². The average molecular weight is 342 g/mol. The Kier molecular flexibility index (Phi) is 4.40. The summed E-state index contributed by atoms with van der Waals surface area (Å²) >= 11 is 1.45. The number of aryl methyl sites for hydroxylation is 2. The van der Waals surface area contributed by atoms with Gasteiger partial charge in [-0.05, 0) is 43.2 Å². The Labute approximate surface area is 144 Å². The second-order valence-electron chi connectivity index (χ2n) is 5.36. The smallest absolute Gasteiger partial charge is 0.265 e. The first-order valence-corrected chi connectivity index (χ1v) is 8.26. The fourth-order valence-corrected chi connectivity index (χ4v) is 3.43. The predicted molar refractivity (Wildman–Crippen MR) is 96.6 cm³/mol. The lowest BCUT2D eigenvalue weighted by Crippen LogP contribution is -2.14. The lowest BCUT2D eigenvalue weighted by molar-refractivity contribution is 0.102. The van der Waals surface area contributed by atoms with Crippen LogP contribution in [0.25, 0.3) is 10.2 Å². The van der Waals surface area contributed by atoms with Gasteiger partial charge in [0.1, 0.15) is 17.1 Å². The number of hydrogen-bond acceptors (Lipinski definition) is 5. The van der Waals surface area contributed by atoms with Crippen molar-refractivity contribution in [3.8, 4) is 11.5 Å². The maximum atomic E-state index is 12.7. The number of aromatic nitrogens is 1. The minimum absolute atomic E-state index is 0.308. The summed E-state index contributed by atoms with van der Waals surface area (Å²) in [5.74, 6) is 0.609. The van der Waals surface area contributed by atoms with E-state index in [2.05, 4.69) is 16.4 Å². The number of rotatable bonds is 4. The number of methoxy groups -OCH3 is 2. The number of benzene rings is 2. The molecular weight excluding hydrogens is 324 g/mol. The first-order valence-electron chi connectivity index (χ1n) is 7.44. The van der Waals surface area contributed by atoms with Crippen molar-refractivity contribution in [1.82, 2.24) is 4.98 Å². The van der Waals surface area contributed by atoms with E-state index in [1.54, 1.807) is 18.2 Å². The standard InChI is InChI=1S/C18H18N2O3S/c1-10-8-9-14-16(11(10)2)19-18(24-14)20-17(21)15-12(22-3)6-5-7-13(15)23-4/h5-9H,1-4H3,(H,19,20,21). The van der Waals surface area contributed by atoms with E-state index in [1.807, 2.05) is 19.9 Å². The fourth-order valence-electron chi connectivity index (χ4n) is 2.51. The minimum Gasteiger partial charge on any atom is -0.496 e. The molecule has 0 fully saturated rings. The number of amides is 1. The first-order chi connectivity index (χ1) is 11.5. The predicted octanol–water partition coefficient (Wildman–Crippen LogP) is 4.18. The number of thiazole rings is 1. The van der Waals surface area contributed by atoms with Gasteiger partial charge in [0.25, 0.3) is 5.91 Å². The highest BCUT2D eigenvalue weighted by molar-refractivity contribution is 7.22. The Morgan fingerprint density at radius 1 is 1.08 bits per heavy atom. The van der Waals surface area contributed by atoms with E-state index in [4.69, 9.17) is 9.47 Å². The second-order valence-corrected chi connectivity index (χ2v) is 6.40. The lowest BCUT2D eigenvalue weighted by atomic mass is 10.1. The summed E-state index contributed by atoms with van der Waals surface area (Å²) in [6.07, 6.45) is 0. The van der Waals surface area contributed by atoms with Crippen LogP contribution in [-0.4, -0.2) is 25.1 Å². The molecule has 1 aromatic heterocycles. The van der Waals surface area contributed by atoms with Crippen LogP contribution in [0.3, 0.4) is 0 Å². The lowest BCUT2D eigenvalue weighted by Gasteiger charge is -2.11. The number of nitrogens with one attached hydrogen (secondary N) is 1. The molecule has 2 aromatic carbocycles. The van der Waals surface area contributed by atoms with E-state index in [9.17, 15) is 4.79 Å². The molecule has 0 saturated carbocycles. The maximum absolute atomic E-state index is 12.7. The third-order valence-corrected chi connectivity index (χ3v) is 4.90. The molecule has 0 atom stereocenters. The monoisotopic (exact) mass is 342 g/mol. The fraction of sp³-hybridized carbons (Fsp3) is 0.222. The third kappa shape index (κ3) is 2.80. The molecule has 5 nitrogen and oxygen atoms in total. The molecule has 0 aliphatic rings. The van der Waals surface area contributed by atoms with Crippen LogP contribution in [0.4, 0.5) is 5.13 Å². The summed E-state index contributed by atoms with van der Waals surface area (Å²) < 4.78 is 11.6. The minimum atomic E-state index is -0.308. The quantitative estimate of drug-likeness (QED) is 0.772. The van der Waals surface area contributed by atoms with Crippen molar-refractivity contribution < 1.29 is 14.3 Å². The van der Waals surface area contributed by atoms with Crippen molar-refractivity contribution in [2.75, 3.05) is 19.5 Å². The summed E-state index contributed by atoms with van der Waals surface area (Å²) in [7, 11) is 3.05. The van der Waals surface area contributed by atoms with Gasteiger partial charge < -0.3 is 9.47 Å². The second kappa shape index (κ2) is 6.49. The zero-order valence-electron chi connectivity index (χ0n) is 14.0. The van der Waals surface area contributed by atoms with Gasteiger partial charge in [-0.3, -0.25) is 10.1 Å². The number of carbonyl (C=O) groups is 1. The third-order valence-electron chi connectivity index (χ3n) is 3.96. The summed E-state index contributed by atoms with van der Waals surface area (Å²) in [6, 6.07) is 9.31.